The Balaban J connectivity index is 0.00000280. The fourth-order valence-corrected chi connectivity index (χ4v) is 3.10. The summed E-state index contributed by atoms with van der Waals surface area (Å²) in [5, 5.41) is 9.52. The number of hydrogen-bond donors (Lipinski definition) is 3. The van der Waals surface area contributed by atoms with Crippen LogP contribution in [0.2, 0.25) is 0 Å². The van der Waals surface area contributed by atoms with E-state index in [-0.39, 0.29) is 29.9 Å². The minimum atomic E-state index is 0. The molecule has 0 saturated carbocycles. The quantitative estimate of drug-likeness (QED) is 0.340. The fraction of sp³-hybridized carbons (Fsp3) is 0.333. The SMILES string of the molecule is CN=C(NCc1ccc(N2CCNC(=O)C2)cc1)NCc1cccc(C)c1.I. The highest BCUT2D eigenvalue weighted by Crippen LogP contribution is 2.16. The normalized spacial score (nSPS) is 14.1. The molecule has 2 aromatic carbocycles. The summed E-state index contributed by atoms with van der Waals surface area (Å²) in [5.41, 5.74) is 4.73. The Hall–Kier alpha value is -2.29. The van der Waals surface area contributed by atoms with Gasteiger partial charge in [0.05, 0.1) is 6.54 Å². The number of nitrogens with zero attached hydrogens (tertiary/aromatic N) is 2. The molecule has 0 aliphatic carbocycles. The molecular formula is C21H28IN5O. The average Bonchev–Trinajstić information content (AvgIpc) is 2.69. The predicted molar refractivity (Wildman–Crippen MR) is 125 cm³/mol. The molecule has 2 aromatic rings. The largest absolute Gasteiger partial charge is 0.360 e. The first-order chi connectivity index (χ1) is 13.1. The van der Waals surface area contributed by atoms with Crippen molar-refractivity contribution in [3.63, 3.8) is 0 Å². The van der Waals surface area contributed by atoms with Gasteiger partial charge in [-0.05, 0) is 30.2 Å². The van der Waals surface area contributed by atoms with Gasteiger partial charge in [-0.25, -0.2) is 0 Å². The minimum absolute atomic E-state index is 0. The van der Waals surface area contributed by atoms with E-state index in [1.165, 1.54) is 16.7 Å². The van der Waals surface area contributed by atoms with Crippen molar-refractivity contribution in [3.8, 4) is 0 Å². The standard InChI is InChI=1S/C21H27N5O.HI/c1-16-4-3-5-18(12-16)14-25-21(22-2)24-13-17-6-8-19(9-7-17)26-11-10-23-20(27)15-26;/h3-9,12H,10-11,13-15H2,1-2H3,(H,23,27)(H2,22,24,25);1H. The van der Waals surface area contributed by atoms with Crippen molar-refractivity contribution in [2.45, 2.75) is 20.0 Å². The van der Waals surface area contributed by atoms with E-state index in [1.54, 1.807) is 7.05 Å². The van der Waals surface area contributed by atoms with E-state index in [0.29, 0.717) is 19.6 Å². The van der Waals surface area contributed by atoms with Crippen molar-refractivity contribution in [2.75, 3.05) is 31.6 Å². The number of aryl methyl sites for hydroxylation is 1. The molecule has 0 bridgehead atoms. The molecule has 1 heterocycles. The topological polar surface area (TPSA) is 68.8 Å². The van der Waals surface area contributed by atoms with E-state index in [0.717, 1.165) is 24.7 Å². The molecule has 3 N–H and O–H groups in total. The summed E-state index contributed by atoms with van der Waals surface area (Å²) in [6, 6.07) is 16.7. The second-order valence-corrected chi connectivity index (χ2v) is 6.71. The Bertz CT molecular complexity index is 807. The van der Waals surface area contributed by atoms with Crippen LogP contribution in [0.25, 0.3) is 0 Å². The molecule has 6 nitrogen and oxygen atoms in total. The highest BCUT2D eigenvalue weighted by molar-refractivity contribution is 14.0. The Morgan fingerprint density at radius 3 is 2.46 bits per heavy atom. The van der Waals surface area contributed by atoms with Gasteiger partial charge in [-0.2, -0.15) is 0 Å². The van der Waals surface area contributed by atoms with Gasteiger partial charge in [0.1, 0.15) is 0 Å². The lowest BCUT2D eigenvalue weighted by Gasteiger charge is -2.28. The average molecular weight is 493 g/mol. The molecule has 1 amide bonds. The Labute approximate surface area is 183 Å². The van der Waals surface area contributed by atoms with Crippen LogP contribution in [0.3, 0.4) is 0 Å². The van der Waals surface area contributed by atoms with E-state index in [2.05, 4.69) is 81.3 Å². The molecule has 0 unspecified atom stereocenters. The van der Waals surface area contributed by atoms with E-state index in [1.807, 2.05) is 0 Å². The molecule has 1 aliphatic rings. The molecule has 7 heteroatoms. The highest BCUT2D eigenvalue weighted by Gasteiger charge is 2.16. The summed E-state index contributed by atoms with van der Waals surface area (Å²) >= 11 is 0. The van der Waals surface area contributed by atoms with Crippen LogP contribution in [0.1, 0.15) is 16.7 Å². The van der Waals surface area contributed by atoms with Crippen molar-refractivity contribution in [2.24, 2.45) is 4.99 Å². The number of carbonyl (C=O) groups excluding carboxylic acids is 1. The van der Waals surface area contributed by atoms with Crippen molar-refractivity contribution < 1.29 is 4.79 Å². The molecule has 1 fully saturated rings. The number of rotatable bonds is 5. The van der Waals surface area contributed by atoms with Crippen LogP contribution >= 0.6 is 24.0 Å². The zero-order chi connectivity index (χ0) is 19.1. The van der Waals surface area contributed by atoms with Gasteiger partial charge < -0.3 is 20.9 Å². The number of carbonyl (C=O) groups is 1. The maximum Gasteiger partial charge on any atom is 0.239 e. The highest BCUT2D eigenvalue weighted by atomic mass is 127. The van der Waals surface area contributed by atoms with E-state index >= 15 is 0 Å². The molecule has 28 heavy (non-hydrogen) atoms. The number of hydrogen-bond acceptors (Lipinski definition) is 3. The Kier molecular flexibility index (Phi) is 8.56. The van der Waals surface area contributed by atoms with Crippen molar-refractivity contribution >= 4 is 41.5 Å². The van der Waals surface area contributed by atoms with E-state index in [9.17, 15) is 4.79 Å². The Morgan fingerprint density at radius 1 is 1.11 bits per heavy atom. The molecule has 0 radical (unpaired) electrons. The van der Waals surface area contributed by atoms with Gasteiger partial charge in [0.2, 0.25) is 5.91 Å². The third kappa shape index (κ3) is 6.40. The second-order valence-electron chi connectivity index (χ2n) is 6.71. The molecule has 3 rings (SSSR count). The summed E-state index contributed by atoms with van der Waals surface area (Å²) in [4.78, 5) is 17.9. The van der Waals surface area contributed by atoms with Crippen molar-refractivity contribution in [1.29, 1.82) is 0 Å². The number of halogens is 1. The molecular weight excluding hydrogens is 465 g/mol. The maximum atomic E-state index is 11.5. The molecule has 0 spiro atoms. The van der Waals surface area contributed by atoms with Crippen LogP contribution < -0.4 is 20.9 Å². The van der Waals surface area contributed by atoms with Gasteiger partial charge in [0.15, 0.2) is 5.96 Å². The minimum Gasteiger partial charge on any atom is -0.360 e. The maximum absolute atomic E-state index is 11.5. The van der Waals surface area contributed by atoms with Crippen LogP contribution in [0, 0.1) is 6.92 Å². The fourth-order valence-electron chi connectivity index (χ4n) is 3.10. The summed E-state index contributed by atoms with van der Waals surface area (Å²) in [5.74, 6) is 0.851. The van der Waals surface area contributed by atoms with Crippen LogP contribution in [0.15, 0.2) is 53.5 Å². The molecule has 0 aromatic heterocycles. The lowest BCUT2D eigenvalue weighted by Crippen LogP contribution is -2.47. The van der Waals surface area contributed by atoms with Crippen LogP contribution in [-0.2, 0) is 17.9 Å². The summed E-state index contributed by atoms with van der Waals surface area (Å²) in [6.07, 6.45) is 0. The summed E-state index contributed by atoms with van der Waals surface area (Å²) in [7, 11) is 1.77. The van der Waals surface area contributed by atoms with Gasteiger partial charge in [-0.1, -0.05) is 42.0 Å². The monoisotopic (exact) mass is 493 g/mol. The first-order valence-corrected chi connectivity index (χ1v) is 9.25. The number of piperazine rings is 1. The van der Waals surface area contributed by atoms with Gasteiger partial charge >= 0.3 is 0 Å². The van der Waals surface area contributed by atoms with E-state index in [4.69, 9.17) is 0 Å². The van der Waals surface area contributed by atoms with Gasteiger partial charge in [0, 0.05) is 38.9 Å². The van der Waals surface area contributed by atoms with Crippen molar-refractivity contribution in [3.05, 3.63) is 65.2 Å². The van der Waals surface area contributed by atoms with Gasteiger partial charge in [-0.15, -0.1) is 24.0 Å². The third-order valence-electron chi connectivity index (χ3n) is 4.57. The smallest absolute Gasteiger partial charge is 0.239 e. The predicted octanol–water partition coefficient (Wildman–Crippen LogP) is 2.41. The first kappa shape index (κ1) is 22.0. The molecule has 150 valence electrons. The number of aliphatic imine (C=N–C) groups is 1. The van der Waals surface area contributed by atoms with Crippen LogP contribution in [0.4, 0.5) is 5.69 Å². The van der Waals surface area contributed by atoms with Gasteiger partial charge in [-0.3, -0.25) is 9.79 Å². The molecule has 1 aliphatic heterocycles. The zero-order valence-electron chi connectivity index (χ0n) is 16.4. The Morgan fingerprint density at radius 2 is 1.82 bits per heavy atom. The lowest BCUT2D eigenvalue weighted by molar-refractivity contribution is -0.120. The third-order valence-corrected chi connectivity index (χ3v) is 4.57. The number of nitrogens with one attached hydrogen (secondary N) is 3. The lowest BCUT2D eigenvalue weighted by atomic mass is 10.1. The van der Waals surface area contributed by atoms with Gasteiger partial charge in [0.25, 0.3) is 0 Å². The number of anilines is 1. The molecule has 0 atom stereocenters. The second kappa shape index (κ2) is 10.9. The van der Waals surface area contributed by atoms with Crippen molar-refractivity contribution in [1.82, 2.24) is 16.0 Å². The number of guanidine groups is 1. The van der Waals surface area contributed by atoms with Crippen LogP contribution in [-0.4, -0.2) is 38.5 Å². The number of amides is 1. The van der Waals surface area contributed by atoms with E-state index < -0.39 is 0 Å². The van der Waals surface area contributed by atoms with Crippen LogP contribution in [0.5, 0.6) is 0 Å². The zero-order valence-corrected chi connectivity index (χ0v) is 18.7. The number of benzene rings is 2. The summed E-state index contributed by atoms with van der Waals surface area (Å²) in [6.45, 7) is 5.49. The summed E-state index contributed by atoms with van der Waals surface area (Å²) < 4.78 is 0. The first-order valence-electron chi connectivity index (χ1n) is 9.25. The molecule has 1 saturated heterocycles.